The summed E-state index contributed by atoms with van der Waals surface area (Å²) in [7, 11) is 0. The SMILES string of the molecule is NC(=O)c1ccc(OCC(=O)N[C@@H]2CCCOc3ccccc32)cc1. The summed E-state index contributed by atoms with van der Waals surface area (Å²) in [6.45, 7) is 0.543. The van der Waals surface area contributed by atoms with Gasteiger partial charge in [-0.15, -0.1) is 0 Å². The van der Waals surface area contributed by atoms with E-state index in [1.807, 2.05) is 24.3 Å². The summed E-state index contributed by atoms with van der Waals surface area (Å²) in [6.07, 6.45) is 1.69. The molecule has 1 aliphatic heterocycles. The number of carbonyl (C=O) groups is 2. The highest BCUT2D eigenvalue weighted by molar-refractivity contribution is 5.92. The van der Waals surface area contributed by atoms with Gasteiger partial charge in [-0.3, -0.25) is 9.59 Å². The molecule has 0 spiro atoms. The van der Waals surface area contributed by atoms with Crippen LogP contribution in [0.5, 0.6) is 11.5 Å². The molecular weight excluding hydrogens is 320 g/mol. The molecule has 130 valence electrons. The number of benzene rings is 2. The van der Waals surface area contributed by atoms with Crippen LogP contribution < -0.4 is 20.5 Å². The molecule has 2 aromatic carbocycles. The molecule has 0 saturated heterocycles. The zero-order chi connectivity index (χ0) is 17.6. The van der Waals surface area contributed by atoms with Gasteiger partial charge in [0.25, 0.3) is 5.91 Å². The lowest BCUT2D eigenvalue weighted by Crippen LogP contribution is -2.32. The van der Waals surface area contributed by atoms with E-state index in [0.717, 1.165) is 24.2 Å². The van der Waals surface area contributed by atoms with E-state index in [-0.39, 0.29) is 18.6 Å². The van der Waals surface area contributed by atoms with Crippen molar-refractivity contribution < 1.29 is 19.1 Å². The Hall–Kier alpha value is -3.02. The summed E-state index contributed by atoms with van der Waals surface area (Å²) in [5.41, 5.74) is 6.57. The minimum Gasteiger partial charge on any atom is -0.493 e. The standard InChI is InChI=1S/C19H20N2O4/c20-19(23)13-7-9-14(10-8-13)25-12-18(22)21-16-5-3-11-24-17-6-2-1-4-15(16)17/h1-2,4,6-10,16H,3,5,11-12H2,(H2,20,23)(H,21,22)/t16-/m1/s1. The number of hydrogen-bond donors (Lipinski definition) is 2. The van der Waals surface area contributed by atoms with Crippen LogP contribution in [0.1, 0.15) is 34.8 Å². The van der Waals surface area contributed by atoms with Crippen molar-refractivity contribution in [3.63, 3.8) is 0 Å². The molecule has 0 aromatic heterocycles. The fourth-order valence-corrected chi connectivity index (χ4v) is 2.78. The normalized spacial score (nSPS) is 16.1. The van der Waals surface area contributed by atoms with Crippen molar-refractivity contribution in [3.05, 3.63) is 59.7 Å². The zero-order valence-electron chi connectivity index (χ0n) is 13.7. The van der Waals surface area contributed by atoms with E-state index in [9.17, 15) is 9.59 Å². The van der Waals surface area contributed by atoms with Gasteiger partial charge in [-0.25, -0.2) is 0 Å². The highest BCUT2D eigenvalue weighted by atomic mass is 16.5. The van der Waals surface area contributed by atoms with Gasteiger partial charge in [0.15, 0.2) is 6.61 Å². The average Bonchev–Trinajstić information content (AvgIpc) is 2.83. The van der Waals surface area contributed by atoms with Crippen LogP contribution in [0.3, 0.4) is 0 Å². The van der Waals surface area contributed by atoms with Gasteiger partial charge in [0, 0.05) is 11.1 Å². The molecule has 0 radical (unpaired) electrons. The van der Waals surface area contributed by atoms with Gasteiger partial charge in [0.2, 0.25) is 5.91 Å². The summed E-state index contributed by atoms with van der Waals surface area (Å²) >= 11 is 0. The molecule has 0 aliphatic carbocycles. The van der Waals surface area contributed by atoms with Gasteiger partial charge < -0.3 is 20.5 Å². The van der Waals surface area contributed by atoms with Crippen molar-refractivity contribution in [2.75, 3.05) is 13.2 Å². The lowest BCUT2D eigenvalue weighted by atomic mass is 10.0. The number of nitrogens with two attached hydrogens (primary N) is 1. The number of amides is 2. The lowest BCUT2D eigenvalue weighted by Gasteiger charge is -2.18. The van der Waals surface area contributed by atoms with Crippen LogP contribution >= 0.6 is 0 Å². The van der Waals surface area contributed by atoms with Crippen molar-refractivity contribution in [1.29, 1.82) is 0 Å². The first-order chi connectivity index (χ1) is 12.1. The van der Waals surface area contributed by atoms with Crippen LogP contribution in [-0.2, 0) is 4.79 Å². The maximum absolute atomic E-state index is 12.2. The van der Waals surface area contributed by atoms with Crippen molar-refractivity contribution >= 4 is 11.8 Å². The minimum atomic E-state index is -0.501. The fraction of sp³-hybridized carbons (Fsp3) is 0.263. The number of carbonyl (C=O) groups excluding carboxylic acids is 2. The summed E-state index contributed by atoms with van der Waals surface area (Å²) < 4.78 is 11.2. The monoisotopic (exact) mass is 340 g/mol. The van der Waals surface area contributed by atoms with Crippen LogP contribution in [0.4, 0.5) is 0 Å². The highest BCUT2D eigenvalue weighted by Crippen LogP contribution is 2.31. The molecule has 0 fully saturated rings. The van der Waals surface area contributed by atoms with Gasteiger partial charge in [-0.2, -0.15) is 0 Å². The molecule has 3 rings (SSSR count). The van der Waals surface area contributed by atoms with E-state index < -0.39 is 5.91 Å². The molecule has 3 N–H and O–H groups in total. The Morgan fingerprint density at radius 2 is 1.92 bits per heavy atom. The van der Waals surface area contributed by atoms with E-state index in [0.29, 0.717) is 17.9 Å². The van der Waals surface area contributed by atoms with Gasteiger partial charge >= 0.3 is 0 Å². The van der Waals surface area contributed by atoms with Crippen LogP contribution in [0.25, 0.3) is 0 Å². The summed E-state index contributed by atoms with van der Waals surface area (Å²) in [5, 5.41) is 3.00. The van der Waals surface area contributed by atoms with Crippen molar-refractivity contribution in [2.24, 2.45) is 5.73 Å². The van der Waals surface area contributed by atoms with E-state index in [1.165, 1.54) is 0 Å². The topological polar surface area (TPSA) is 90.7 Å². The molecular formula is C19H20N2O4. The second-order valence-electron chi connectivity index (χ2n) is 5.83. The number of rotatable bonds is 5. The summed E-state index contributed by atoms with van der Waals surface area (Å²) in [5.74, 6) is 0.609. The Kier molecular flexibility index (Phi) is 5.18. The second kappa shape index (κ2) is 7.70. The highest BCUT2D eigenvalue weighted by Gasteiger charge is 2.21. The molecule has 25 heavy (non-hydrogen) atoms. The molecule has 6 nitrogen and oxygen atoms in total. The molecule has 0 unspecified atom stereocenters. The predicted octanol–water partition coefficient (Wildman–Crippen LogP) is 2.19. The van der Waals surface area contributed by atoms with Crippen molar-refractivity contribution in [1.82, 2.24) is 5.32 Å². The molecule has 2 amide bonds. The smallest absolute Gasteiger partial charge is 0.258 e. The molecule has 1 aliphatic rings. The summed E-state index contributed by atoms with van der Waals surface area (Å²) in [4.78, 5) is 23.3. The van der Waals surface area contributed by atoms with Gasteiger partial charge in [0.1, 0.15) is 11.5 Å². The second-order valence-corrected chi connectivity index (χ2v) is 5.83. The number of primary amides is 1. The fourth-order valence-electron chi connectivity index (χ4n) is 2.78. The van der Waals surface area contributed by atoms with Crippen molar-refractivity contribution in [2.45, 2.75) is 18.9 Å². The van der Waals surface area contributed by atoms with Crippen LogP contribution in [0, 0.1) is 0 Å². The van der Waals surface area contributed by atoms with Crippen LogP contribution in [-0.4, -0.2) is 25.0 Å². The van der Waals surface area contributed by atoms with E-state index in [1.54, 1.807) is 24.3 Å². The predicted molar refractivity (Wildman–Crippen MR) is 92.5 cm³/mol. The molecule has 0 bridgehead atoms. The Morgan fingerprint density at radius 3 is 2.68 bits per heavy atom. The Morgan fingerprint density at radius 1 is 1.16 bits per heavy atom. The van der Waals surface area contributed by atoms with E-state index >= 15 is 0 Å². The van der Waals surface area contributed by atoms with Gasteiger partial charge in [-0.1, -0.05) is 18.2 Å². The molecule has 0 saturated carbocycles. The van der Waals surface area contributed by atoms with Crippen molar-refractivity contribution in [3.8, 4) is 11.5 Å². The maximum Gasteiger partial charge on any atom is 0.258 e. The zero-order valence-corrected chi connectivity index (χ0v) is 13.7. The van der Waals surface area contributed by atoms with E-state index in [4.69, 9.17) is 15.2 Å². The van der Waals surface area contributed by atoms with Crippen LogP contribution in [0.15, 0.2) is 48.5 Å². The molecule has 1 atom stereocenters. The first-order valence-electron chi connectivity index (χ1n) is 8.17. The summed E-state index contributed by atoms with van der Waals surface area (Å²) in [6, 6.07) is 14.0. The number of ether oxygens (including phenoxy) is 2. The Labute approximate surface area is 145 Å². The van der Waals surface area contributed by atoms with Gasteiger partial charge in [-0.05, 0) is 43.2 Å². The third kappa shape index (κ3) is 4.29. The average molecular weight is 340 g/mol. The van der Waals surface area contributed by atoms with Gasteiger partial charge in [0.05, 0.1) is 12.6 Å². The number of fused-ring (bicyclic) bond motifs is 1. The largest absolute Gasteiger partial charge is 0.493 e. The minimum absolute atomic E-state index is 0.0907. The Bertz CT molecular complexity index is 758. The number of nitrogens with one attached hydrogen (secondary N) is 1. The first-order valence-corrected chi connectivity index (χ1v) is 8.17. The quantitative estimate of drug-likeness (QED) is 0.873. The molecule has 2 aromatic rings. The third-order valence-electron chi connectivity index (χ3n) is 4.03. The first kappa shape index (κ1) is 16.8. The van der Waals surface area contributed by atoms with E-state index in [2.05, 4.69) is 5.32 Å². The molecule has 6 heteroatoms. The van der Waals surface area contributed by atoms with Crippen LogP contribution in [0.2, 0.25) is 0 Å². The molecule has 1 heterocycles. The number of hydrogen-bond acceptors (Lipinski definition) is 4. The Balaban J connectivity index is 1.58. The third-order valence-corrected chi connectivity index (χ3v) is 4.03. The lowest BCUT2D eigenvalue weighted by molar-refractivity contribution is -0.123. The number of para-hydroxylation sites is 1. The maximum atomic E-state index is 12.2.